The molecule has 2 aromatic rings. The third kappa shape index (κ3) is 6.19. The van der Waals surface area contributed by atoms with Crippen LogP contribution in [0.25, 0.3) is 0 Å². The number of carbonyl (C=O) groups is 1. The molecule has 1 saturated heterocycles. The molecule has 31 heavy (non-hydrogen) atoms. The lowest BCUT2D eigenvalue weighted by atomic mass is 10.3. The molecule has 1 aliphatic rings. The molecule has 1 fully saturated rings. The van der Waals surface area contributed by atoms with Crippen molar-refractivity contribution in [2.45, 2.75) is 15.5 Å². The fourth-order valence-electron chi connectivity index (χ4n) is 3.04. The molecule has 0 aromatic heterocycles. The summed E-state index contributed by atoms with van der Waals surface area (Å²) in [7, 11) is -3.97. The Morgan fingerprint density at radius 3 is 2.23 bits per heavy atom. The van der Waals surface area contributed by atoms with Crippen molar-refractivity contribution in [2.75, 3.05) is 38.0 Å². The van der Waals surface area contributed by atoms with Crippen LogP contribution in [0.5, 0.6) is 0 Å². The Morgan fingerprint density at radius 1 is 1.00 bits per heavy atom. The first-order valence-electron chi connectivity index (χ1n) is 9.17. The summed E-state index contributed by atoms with van der Waals surface area (Å²) in [6, 6.07) is 8.43. The maximum atomic E-state index is 13.4. The molecule has 0 spiro atoms. The van der Waals surface area contributed by atoms with Crippen LogP contribution < -0.4 is 5.32 Å². The predicted octanol–water partition coefficient (Wildman–Crippen LogP) is 3.22. The van der Waals surface area contributed by atoms with E-state index < -0.39 is 27.4 Å². The van der Waals surface area contributed by atoms with Crippen molar-refractivity contribution in [3.8, 4) is 0 Å². The van der Waals surface area contributed by atoms with Crippen molar-refractivity contribution in [1.82, 2.24) is 9.21 Å². The minimum absolute atomic E-state index is 0.0204. The Kier molecular flexibility index (Phi) is 7.57. The molecular weight excluding hydrogens is 458 g/mol. The van der Waals surface area contributed by atoms with E-state index in [1.54, 1.807) is 4.90 Å². The number of nitrogens with one attached hydrogen (secondary N) is 1. The van der Waals surface area contributed by atoms with E-state index >= 15 is 0 Å². The van der Waals surface area contributed by atoms with E-state index in [1.165, 1.54) is 24.3 Å². The Morgan fingerprint density at radius 2 is 1.65 bits per heavy atom. The molecule has 0 bridgehead atoms. The Labute approximate surface area is 181 Å². The first-order valence-corrected chi connectivity index (χ1v) is 11.5. The molecule has 1 aliphatic heterocycles. The van der Waals surface area contributed by atoms with Crippen molar-refractivity contribution < 1.29 is 30.8 Å². The number of hydrogen-bond donors (Lipinski definition) is 1. The third-order valence-electron chi connectivity index (χ3n) is 4.59. The summed E-state index contributed by atoms with van der Waals surface area (Å²) < 4.78 is 77.5. The Bertz CT molecular complexity index is 1030. The molecule has 0 atom stereocenters. The van der Waals surface area contributed by atoms with Gasteiger partial charge in [0.05, 0.1) is 11.4 Å². The summed E-state index contributed by atoms with van der Waals surface area (Å²) in [5.74, 6) is -5.22. The molecule has 0 aliphatic carbocycles. The standard InChI is InChI=1S/C19H19F4N3O3S2/c20-16-6-5-15(11-17(16)21)31(28,29)26-9-7-25(8-10-26)12-18(27)24-13-1-3-14(4-2-13)30-19(22)23/h1-6,11,19H,7-10,12H2,(H,24,27). The molecule has 3 rings (SSSR count). The second-order valence-electron chi connectivity index (χ2n) is 6.71. The quantitative estimate of drug-likeness (QED) is 0.490. The van der Waals surface area contributed by atoms with Crippen molar-refractivity contribution in [3.63, 3.8) is 0 Å². The first kappa shape index (κ1) is 23.5. The SMILES string of the molecule is O=C(CN1CCN(S(=O)(=O)c2ccc(F)c(F)c2)CC1)Nc1ccc(SC(F)F)cc1. The lowest BCUT2D eigenvalue weighted by Crippen LogP contribution is -2.50. The smallest absolute Gasteiger partial charge is 0.288 e. The highest BCUT2D eigenvalue weighted by Crippen LogP contribution is 2.26. The van der Waals surface area contributed by atoms with Gasteiger partial charge in [0.25, 0.3) is 5.76 Å². The molecule has 0 radical (unpaired) electrons. The lowest BCUT2D eigenvalue weighted by Gasteiger charge is -2.33. The van der Waals surface area contributed by atoms with Crippen LogP contribution in [0, 0.1) is 11.6 Å². The number of halogens is 4. The van der Waals surface area contributed by atoms with E-state index in [1.807, 2.05) is 0 Å². The number of rotatable bonds is 7. The second-order valence-corrected chi connectivity index (χ2v) is 9.71. The van der Waals surface area contributed by atoms with Crippen LogP contribution in [0.4, 0.5) is 23.2 Å². The van der Waals surface area contributed by atoms with Gasteiger partial charge in [-0.05, 0) is 42.5 Å². The molecular formula is C19H19F4N3O3S2. The van der Waals surface area contributed by atoms with Gasteiger partial charge in [0.15, 0.2) is 11.6 Å². The number of carbonyl (C=O) groups excluding carboxylic acids is 1. The molecule has 168 valence electrons. The fraction of sp³-hybridized carbons (Fsp3) is 0.316. The highest BCUT2D eigenvalue weighted by Gasteiger charge is 2.29. The number of alkyl halides is 2. The van der Waals surface area contributed by atoms with Crippen molar-refractivity contribution in [3.05, 3.63) is 54.1 Å². The van der Waals surface area contributed by atoms with Crippen molar-refractivity contribution in [1.29, 1.82) is 0 Å². The van der Waals surface area contributed by atoms with Crippen molar-refractivity contribution >= 4 is 33.4 Å². The van der Waals surface area contributed by atoms with E-state index in [4.69, 9.17) is 0 Å². The third-order valence-corrected chi connectivity index (χ3v) is 7.21. The molecule has 0 unspecified atom stereocenters. The first-order chi connectivity index (χ1) is 14.6. The van der Waals surface area contributed by atoms with Crippen LogP contribution in [-0.2, 0) is 14.8 Å². The van der Waals surface area contributed by atoms with Gasteiger partial charge in [-0.3, -0.25) is 9.69 Å². The van der Waals surface area contributed by atoms with Gasteiger partial charge in [-0.25, -0.2) is 17.2 Å². The predicted molar refractivity (Wildman–Crippen MR) is 108 cm³/mol. The highest BCUT2D eigenvalue weighted by atomic mass is 32.2. The van der Waals surface area contributed by atoms with Gasteiger partial charge in [0, 0.05) is 36.8 Å². The average molecular weight is 478 g/mol. The lowest BCUT2D eigenvalue weighted by molar-refractivity contribution is -0.117. The molecule has 12 heteroatoms. The number of sulfonamides is 1. The van der Waals surface area contributed by atoms with Crippen LogP contribution in [0.1, 0.15) is 0 Å². The maximum absolute atomic E-state index is 13.4. The topological polar surface area (TPSA) is 69.7 Å². The summed E-state index contributed by atoms with van der Waals surface area (Å²) >= 11 is 0.409. The van der Waals surface area contributed by atoms with Crippen LogP contribution in [0.3, 0.4) is 0 Å². The van der Waals surface area contributed by atoms with Crippen LogP contribution >= 0.6 is 11.8 Å². The van der Waals surface area contributed by atoms with Crippen LogP contribution in [-0.4, -0.2) is 62.0 Å². The summed E-state index contributed by atoms with van der Waals surface area (Å²) in [6.45, 7) is 0.759. The van der Waals surface area contributed by atoms with Gasteiger partial charge in [-0.1, -0.05) is 11.8 Å². The van der Waals surface area contributed by atoms with Crippen molar-refractivity contribution in [2.24, 2.45) is 0 Å². The summed E-state index contributed by atoms with van der Waals surface area (Å²) in [5, 5.41) is 2.66. The zero-order valence-electron chi connectivity index (χ0n) is 16.1. The van der Waals surface area contributed by atoms with E-state index in [-0.39, 0.29) is 43.5 Å². The summed E-state index contributed by atoms with van der Waals surface area (Å²) in [4.78, 5) is 14.0. The van der Waals surface area contributed by atoms with E-state index in [0.29, 0.717) is 28.4 Å². The fourth-order valence-corrected chi connectivity index (χ4v) is 4.97. The zero-order chi connectivity index (χ0) is 22.6. The number of piperazine rings is 1. The molecule has 2 aromatic carbocycles. The summed E-state index contributed by atoms with van der Waals surface area (Å²) in [6.07, 6.45) is 0. The van der Waals surface area contributed by atoms with Gasteiger partial charge < -0.3 is 5.32 Å². The number of amides is 1. The van der Waals surface area contributed by atoms with Gasteiger partial charge in [0.1, 0.15) is 0 Å². The Hall–Kier alpha value is -2.15. The molecule has 1 N–H and O–H groups in total. The minimum Gasteiger partial charge on any atom is -0.325 e. The zero-order valence-corrected chi connectivity index (χ0v) is 17.7. The number of thioether (sulfide) groups is 1. The molecule has 0 saturated carbocycles. The molecule has 1 amide bonds. The molecule has 6 nitrogen and oxygen atoms in total. The largest absolute Gasteiger partial charge is 0.325 e. The monoisotopic (exact) mass is 477 g/mol. The minimum atomic E-state index is -3.97. The van der Waals surface area contributed by atoms with Gasteiger partial charge in [-0.2, -0.15) is 13.1 Å². The van der Waals surface area contributed by atoms with E-state index in [0.717, 1.165) is 16.4 Å². The van der Waals surface area contributed by atoms with Crippen LogP contribution in [0.2, 0.25) is 0 Å². The number of anilines is 1. The van der Waals surface area contributed by atoms with E-state index in [9.17, 15) is 30.8 Å². The normalized spacial score (nSPS) is 15.9. The van der Waals surface area contributed by atoms with Gasteiger partial charge in [0.2, 0.25) is 15.9 Å². The second kappa shape index (κ2) is 9.98. The number of hydrogen-bond acceptors (Lipinski definition) is 5. The maximum Gasteiger partial charge on any atom is 0.288 e. The summed E-state index contributed by atoms with van der Waals surface area (Å²) in [5.41, 5.74) is 0.461. The average Bonchev–Trinajstić information content (AvgIpc) is 2.71. The van der Waals surface area contributed by atoms with Gasteiger partial charge in [-0.15, -0.1) is 0 Å². The number of nitrogens with zero attached hydrogens (tertiary/aromatic N) is 2. The van der Waals surface area contributed by atoms with Gasteiger partial charge >= 0.3 is 0 Å². The van der Waals surface area contributed by atoms with Crippen LogP contribution in [0.15, 0.2) is 52.3 Å². The van der Waals surface area contributed by atoms with E-state index in [2.05, 4.69) is 5.32 Å². The highest BCUT2D eigenvalue weighted by molar-refractivity contribution is 7.99. The Balaban J connectivity index is 1.51. The number of benzene rings is 2. The molecule has 1 heterocycles.